The van der Waals surface area contributed by atoms with Gasteiger partial charge >= 0.3 is 0 Å². The normalized spacial score (nSPS) is 12.4. The highest BCUT2D eigenvalue weighted by Gasteiger charge is 2.22. The van der Waals surface area contributed by atoms with Gasteiger partial charge in [0, 0.05) is 39.3 Å². The number of halogens is 4. The maximum absolute atomic E-state index is 13.4. The van der Waals surface area contributed by atoms with Crippen LogP contribution >= 0.6 is 23.2 Å². The van der Waals surface area contributed by atoms with Crippen LogP contribution in [0.2, 0.25) is 10.0 Å². The Morgan fingerprint density at radius 3 is 1.58 bits per heavy atom. The van der Waals surface area contributed by atoms with E-state index in [9.17, 15) is 8.78 Å². The molecule has 356 valence electrons. The van der Waals surface area contributed by atoms with Gasteiger partial charge in [0.25, 0.3) is 5.95 Å². The molecule has 2 N–H and O–H groups in total. The SMILES string of the molecule is COc1ccc(-c2ccc3ncnc(Nc4ccc(OCc5cccc(F)c5)c(Cl)c4)c3c2)o1.Fc1cccc(COc2ccc(Nc3ncnc4ccc(-c5ccc(C6OCCO6)o5)cc34)cc2Cl)c1. The van der Waals surface area contributed by atoms with Crippen molar-refractivity contribution in [2.24, 2.45) is 0 Å². The Balaban J connectivity index is 0.000000165. The number of nitrogens with zero attached hydrogens (tertiary/aromatic N) is 4. The van der Waals surface area contributed by atoms with Crippen LogP contribution in [0.5, 0.6) is 17.4 Å². The minimum Gasteiger partial charge on any atom is -0.487 e. The molecule has 10 aromatic rings. The zero-order valence-electron chi connectivity index (χ0n) is 37.6. The van der Waals surface area contributed by atoms with Gasteiger partial charge < -0.3 is 43.2 Å². The predicted octanol–water partition coefficient (Wildman–Crippen LogP) is 14.1. The molecule has 1 aliphatic heterocycles. The molecule has 1 saturated heterocycles. The highest BCUT2D eigenvalue weighted by Crippen LogP contribution is 2.36. The summed E-state index contributed by atoms with van der Waals surface area (Å²) in [7, 11) is 1.56. The molecule has 5 heterocycles. The summed E-state index contributed by atoms with van der Waals surface area (Å²) in [5.41, 5.74) is 6.18. The average Bonchev–Trinajstić information content (AvgIpc) is 4.20. The fourth-order valence-corrected chi connectivity index (χ4v) is 8.07. The predicted molar refractivity (Wildman–Crippen MR) is 267 cm³/mol. The molecule has 0 atom stereocenters. The molecule has 0 spiro atoms. The van der Waals surface area contributed by atoms with Gasteiger partial charge in [-0.2, -0.15) is 0 Å². The van der Waals surface area contributed by atoms with E-state index < -0.39 is 6.29 Å². The third kappa shape index (κ3) is 11.2. The second kappa shape index (κ2) is 21.3. The van der Waals surface area contributed by atoms with Crippen molar-refractivity contribution in [1.29, 1.82) is 0 Å². The van der Waals surface area contributed by atoms with E-state index >= 15 is 0 Å². The van der Waals surface area contributed by atoms with Crippen LogP contribution in [0, 0.1) is 11.6 Å². The molecule has 0 saturated carbocycles. The molecule has 4 aromatic heterocycles. The summed E-state index contributed by atoms with van der Waals surface area (Å²) in [6, 6.07) is 42.2. The van der Waals surface area contributed by atoms with Gasteiger partial charge in [-0.05, 0) is 126 Å². The van der Waals surface area contributed by atoms with Gasteiger partial charge in [0.1, 0.15) is 72.2 Å². The van der Waals surface area contributed by atoms with Crippen molar-refractivity contribution in [1.82, 2.24) is 19.9 Å². The number of hydrogen-bond donors (Lipinski definition) is 2. The number of nitrogens with one attached hydrogen (secondary N) is 2. The van der Waals surface area contributed by atoms with Crippen LogP contribution in [0.25, 0.3) is 44.5 Å². The molecule has 0 aliphatic carbocycles. The van der Waals surface area contributed by atoms with E-state index in [4.69, 9.17) is 55.7 Å². The van der Waals surface area contributed by atoms with Gasteiger partial charge in [0.05, 0.1) is 41.4 Å². The molecule has 6 aromatic carbocycles. The number of furan rings is 2. The van der Waals surface area contributed by atoms with Gasteiger partial charge in [-0.15, -0.1) is 0 Å². The van der Waals surface area contributed by atoms with Crippen molar-refractivity contribution >= 4 is 68.0 Å². The summed E-state index contributed by atoms with van der Waals surface area (Å²) in [4.78, 5) is 17.6. The molecule has 71 heavy (non-hydrogen) atoms. The zero-order valence-corrected chi connectivity index (χ0v) is 39.1. The lowest BCUT2D eigenvalue weighted by Gasteiger charge is -2.12. The third-order valence-corrected chi connectivity index (χ3v) is 11.6. The fraction of sp³-hybridized carbons (Fsp3) is 0.111. The van der Waals surface area contributed by atoms with Crippen LogP contribution in [-0.2, 0) is 22.7 Å². The first-order valence-corrected chi connectivity index (χ1v) is 22.8. The number of aromatic nitrogens is 4. The largest absolute Gasteiger partial charge is 0.487 e. The first-order chi connectivity index (χ1) is 34.7. The summed E-state index contributed by atoms with van der Waals surface area (Å²) in [5.74, 6) is 4.05. The van der Waals surface area contributed by atoms with Crippen molar-refractivity contribution in [2.45, 2.75) is 19.5 Å². The van der Waals surface area contributed by atoms with Gasteiger partial charge in [-0.25, -0.2) is 28.7 Å². The van der Waals surface area contributed by atoms with E-state index in [2.05, 4.69) is 30.6 Å². The Bertz CT molecular complexity index is 3500. The van der Waals surface area contributed by atoms with E-state index in [0.29, 0.717) is 75.2 Å². The smallest absolute Gasteiger partial charge is 0.284 e. The Morgan fingerprint density at radius 1 is 0.563 bits per heavy atom. The molecule has 0 amide bonds. The van der Waals surface area contributed by atoms with E-state index in [0.717, 1.165) is 49.9 Å². The molecule has 1 aliphatic rings. The number of fused-ring (bicyclic) bond motifs is 2. The number of rotatable bonds is 14. The highest BCUT2D eigenvalue weighted by molar-refractivity contribution is 6.32. The summed E-state index contributed by atoms with van der Waals surface area (Å²) < 4.78 is 66.2. The lowest BCUT2D eigenvalue weighted by atomic mass is 10.1. The number of benzene rings is 6. The number of ether oxygens (including phenoxy) is 5. The first-order valence-electron chi connectivity index (χ1n) is 22.1. The Morgan fingerprint density at radius 2 is 1.08 bits per heavy atom. The van der Waals surface area contributed by atoms with Crippen LogP contribution in [0.4, 0.5) is 31.8 Å². The quantitative estimate of drug-likeness (QED) is 0.107. The highest BCUT2D eigenvalue weighted by atomic mass is 35.5. The summed E-state index contributed by atoms with van der Waals surface area (Å²) in [5, 5.41) is 9.08. The lowest BCUT2D eigenvalue weighted by molar-refractivity contribution is -0.0585. The molecule has 17 heteroatoms. The monoisotopic (exact) mass is 992 g/mol. The van der Waals surface area contributed by atoms with Crippen LogP contribution in [-0.4, -0.2) is 40.3 Å². The molecule has 0 radical (unpaired) electrons. The maximum Gasteiger partial charge on any atom is 0.284 e. The van der Waals surface area contributed by atoms with Gasteiger partial charge in [0.15, 0.2) is 5.76 Å². The molecule has 1 fully saturated rings. The lowest BCUT2D eigenvalue weighted by Crippen LogP contribution is -1.99. The number of anilines is 4. The van der Waals surface area contributed by atoms with E-state index in [1.807, 2.05) is 66.7 Å². The summed E-state index contributed by atoms with van der Waals surface area (Å²) in [6.45, 7) is 1.51. The Hall–Kier alpha value is -8.08. The Labute approximate surface area is 414 Å². The first kappa shape index (κ1) is 46.6. The van der Waals surface area contributed by atoms with Crippen molar-refractivity contribution < 1.29 is 41.3 Å². The Kier molecular flexibility index (Phi) is 14.0. The van der Waals surface area contributed by atoms with E-state index in [1.165, 1.54) is 36.9 Å². The minimum atomic E-state index is -0.472. The minimum absolute atomic E-state index is 0.205. The number of hydrogen-bond acceptors (Lipinski definition) is 13. The second-order valence-corrected chi connectivity index (χ2v) is 16.7. The maximum atomic E-state index is 13.4. The second-order valence-electron chi connectivity index (χ2n) is 15.9. The van der Waals surface area contributed by atoms with Gasteiger partial charge in [-0.3, -0.25) is 0 Å². The molecule has 0 unspecified atom stereocenters. The van der Waals surface area contributed by atoms with Gasteiger partial charge in [-0.1, -0.05) is 47.5 Å². The summed E-state index contributed by atoms with van der Waals surface area (Å²) in [6.07, 6.45) is 2.53. The van der Waals surface area contributed by atoms with Crippen LogP contribution in [0.3, 0.4) is 0 Å². The van der Waals surface area contributed by atoms with E-state index in [-0.39, 0.29) is 24.8 Å². The van der Waals surface area contributed by atoms with Crippen LogP contribution in [0.1, 0.15) is 23.2 Å². The summed E-state index contributed by atoms with van der Waals surface area (Å²) >= 11 is 12.9. The average molecular weight is 994 g/mol. The zero-order chi connectivity index (χ0) is 48.7. The molecular formula is C54H40Cl2F2N6O7. The molecule has 0 bridgehead atoms. The van der Waals surface area contributed by atoms with Crippen LogP contribution in [0.15, 0.2) is 167 Å². The third-order valence-electron chi connectivity index (χ3n) is 11.1. The standard InChI is InChI=1S/C28H21ClFN3O4.C26H19ClFN3O3/c29-22-14-20(5-7-25(22)36-15-17-2-1-3-19(30)12-17)33-27-21-13-18(4-6-23(21)31-16-32-27)24-8-9-26(37-24)28-34-10-11-35-28;1-32-25-10-9-23(34-25)17-5-7-22-20(12-17)26(30-15-29-22)31-19-6-8-24(21(27)13-19)33-14-16-3-2-4-18(28)11-16/h1-9,12-14,16,28H,10-11,15H2,(H,31,32,33);2-13,15H,14H2,1H3,(H,29,30,31). The van der Waals surface area contributed by atoms with Crippen molar-refractivity contribution in [3.05, 3.63) is 197 Å². The molecular weight excluding hydrogens is 954 g/mol. The van der Waals surface area contributed by atoms with Gasteiger partial charge in [0.2, 0.25) is 6.29 Å². The van der Waals surface area contributed by atoms with Crippen molar-refractivity contribution in [3.8, 4) is 40.1 Å². The molecule has 11 rings (SSSR count). The van der Waals surface area contributed by atoms with Crippen molar-refractivity contribution in [2.75, 3.05) is 31.0 Å². The van der Waals surface area contributed by atoms with Crippen molar-refractivity contribution in [3.63, 3.8) is 0 Å². The number of methoxy groups -OCH3 is 1. The fourth-order valence-electron chi connectivity index (χ4n) is 7.60. The van der Waals surface area contributed by atoms with E-state index in [1.54, 1.807) is 61.7 Å². The van der Waals surface area contributed by atoms with Crippen LogP contribution < -0.4 is 24.8 Å². The molecule has 13 nitrogen and oxygen atoms in total. The topological polar surface area (TPSA) is 148 Å².